The van der Waals surface area contributed by atoms with Crippen molar-refractivity contribution in [1.29, 1.82) is 0 Å². The van der Waals surface area contributed by atoms with Crippen molar-refractivity contribution >= 4 is 29.6 Å². The van der Waals surface area contributed by atoms with Crippen molar-refractivity contribution in [3.8, 4) is 11.5 Å². The number of hydrogen-bond acceptors (Lipinski definition) is 7. The van der Waals surface area contributed by atoms with Crippen molar-refractivity contribution in [3.63, 3.8) is 0 Å². The number of benzene rings is 2. The number of amides is 1. The molecular weight excluding hydrogens is 472 g/mol. The second-order valence-corrected chi connectivity index (χ2v) is 8.13. The number of carbonyl (C=O) groups excluding carboxylic acids is 2. The van der Waals surface area contributed by atoms with Crippen LogP contribution in [-0.4, -0.2) is 30.2 Å². The molecule has 1 atom stereocenters. The van der Waals surface area contributed by atoms with E-state index in [1.54, 1.807) is 36.4 Å². The van der Waals surface area contributed by atoms with E-state index in [0.717, 1.165) is 16.8 Å². The van der Waals surface area contributed by atoms with Gasteiger partial charge in [-0.1, -0.05) is 41.0 Å². The zero-order valence-electron chi connectivity index (χ0n) is 20.0. The lowest BCUT2D eigenvalue weighted by Crippen LogP contribution is -2.35. The molecule has 3 rings (SSSR count). The minimum absolute atomic E-state index is 0.237. The van der Waals surface area contributed by atoms with Crippen LogP contribution in [0.2, 0.25) is 5.02 Å². The Morgan fingerprint density at radius 3 is 2.63 bits per heavy atom. The molecule has 0 bridgehead atoms. The van der Waals surface area contributed by atoms with Crippen LogP contribution >= 0.6 is 11.6 Å². The lowest BCUT2D eigenvalue weighted by atomic mass is 10.2. The summed E-state index contributed by atoms with van der Waals surface area (Å²) in [5.74, 6) is 0.665. The first-order valence-corrected chi connectivity index (χ1v) is 11.3. The number of methoxy groups -OCH3 is 1. The number of aromatic nitrogens is 1. The third kappa shape index (κ3) is 7.10. The Morgan fingerprint density at radius 1 is 1.17 bits per heavy atom. The van der Waals surface area contributed by atoms with Crippen LogP contribution in [0.3, 0.4) is 0 Å². The monoisotopic (exact) mass is 498 g/mol. The maximum atomic E-state index is 12.3. The lowest BCUT2D eigenvalue weighted by Gasteiger charge is -2.13. The molecule has 1 amide bonds. The summed E-state index contributed by atoms with van der Waals surface area (Å²) in [5.41, 5.74) is 3.11. The molecule has 0 aliphatic rings. The highest BCUT2D eigenvalue weighted by Crippen LogP contribution is 2.30. The summed E-state index contributed by atoms with van der Waals surface area (Å²) in [5, 5.41) is 7.17. The number of nitrogens with one attached hydrogen (secondary N) is 1. The molecule has 0 radical (unpaired) electrons. The normalized spacial score (nSPS) is 11.8. The molecule has 3 aromatic rings. The van der Waals surface area contributed by atoms with E-state index in [-0.39, 0.29) is 13.2 Å². The van der Waals surface area contributed by atoms with E-state index in [1.807, 2.05) is 26.0 Å². The molecule has 1 aromatic heterocycles. The van der Waals surface area contributed by atoms with E-state index in [1.165, 1.54) is 20.1 Å². The van der Waals surface area contributed by atoms with Crippen LogP contribution in [0.15, 0.2) is 53.1 Å². The smallest absolute Gasteiger partial charge is 0.331 e. The molecule has 184 valence electrons. The van der Waals surface area contributed by atoms with Gasteiger partial charge in [0, 0.05) is 17.6 Å². The summed E-state index contributed by atoms with van der Waals surface area (Å²) in [4.78, 5) is 24.4. The van der Waals surface area contributed by atoms with E-state index in [0.29, 0.717) is 27.8 Å². The van der Waals surface area contributed by atoms with Crippen LogP contribution in [0.1, 0.15) is 35.1 Å². The largest absolute Gasteiger partial charge is 0.493 e. The van der Waals surface area contributed by atoms with Crippen LogP contribution in [0.4, 0.5) is 0 Å². The van der Waals surface area contributed by atoms with Crippen molar-refractivity contribution in [2.75, 3.05) is 7.11 Å². The highest BCUT2D eigenvalue weighted by molar-refractivity contribution is 6.31. The van der Waals surface area contributed by atoms with Gasteiger partial charge in [-0.05, 0) is 56.2 Å². The predicted molar refractivity (Wildman–Crippen MR) is 131 cm³/mol. The van der Waals surface area contributed by atoms with Crippen LogP contribution in [-0.2, 0) is 27.5 Å². The number of esters is 1. The van der Waals surface area contributed by atoms with Crippen molar-refractivity contribution in [2.45, 2.75) is 40.0 Å². The molecule has 0 spiro atoms. The molecule has 1 heterocycles. The highest BCUT2D eigenvalue weighted by atomic mass is 35.5. The number of nitrogens with zero attached hydrogens (tertiary/aromatic N) is 1. The first kappa shape index (κ1) is 25.8. The van der Waals surface area contributed by atoms with E-state index in [9.17, 15) is 9.59 Å². The number of rotatable bonds is 10. The Balaban J connectivity index is 1.54. The molecule has 2 aromatic carbocycles. The molecule has 8 nitrogen and oxygen atoms in total. The second-order valence-electron chi connectivity index (χ2n) is 7.72. The molecule has 1 N–H and O–H groups in total. The SMILES string of the molecule is COc1cc(/C=C/C(=O)OC(C)C(=O)NCc2ccccc2Cl)ccc1OCc1c(C)noc1C. The third-order valence-corrected chi connectivity index (χ3v) is 5.59. The van der Waals surface area contributed by atoms with Crippen molar-refractivity contribution in [3.05, 3.63) is 81.7 Å². The molecule has 0 aliphatic heterocycles. The average molecular weight is 499 g/mol. The quantitative estimate of drug-likeness (QED) is 0.316. The number of aryl methyl sites for hydroxylation is 2. The van der Waals surface area contributed by atoms with Crippen LogP contribution in [0.5, 0.6) is 11.5 Å². The number of halogens is 1. The second kappa shape index (κ2) is 12.1. The lowest BCUT2D eigenvalue weighted by molar-refractivity contribution is -0.150. The summed E-state index contributed by atoms with van der Waals surface area (Å²) in [6.45, 7) is 5.70. The van der Waals surface area contributed by atoms with Gasteiger partial charge in [-0.15, -0.1) is 0 Å². The molecule has 0 saturated heterocycles. The zero-order valence-corrected chi connectivity index (χ0v) is 20.7. The topological polar surface area (TPSA) is 99.9 Å². The summed E-state index contributed by atoms with van der Waals surface area (Å²) >= 11 is 6.09. The fourth-order valence-corrected chi connectivity index (χ4v) is 3.37. The average Bonchev–Trinajstić information content (AvgIpc) is 3.17. The van der Waals surface area contributed by atoms with E-state index in [2.05, 4.69) is 10.5 Å². The molecule has 0 aliphatic carbocycles. The van der Waals surface area contributed by atoms with Crippen LogP contribution in [0.25, 0.3) is 6.08 Å². The van der Waals surface area contributed by atoms with Gasteiger partial charge in [-0.2, -0.15) is 0 Å². The first-order valence-electron chi connectivity index (χ1n) is 10.9. The van der Waals surface area contributed by atoms with Gasteiger partial charge in [-0.25, -0.2) is 4.79 Å². The summed E-state index contributed by atoms with van der Waals surface area (Å²) in [6, 6.07) is 12.4. The molecule has 35 heavy (non-hydrogen) atoms. The summed E-state index contributed by atoms with van der Waals surface area (Å²) < 4.78 is 21.6. The maximum Gasteiger partial charge on any atom is 0.331 e. The first-order chi connectivity index (χ1) is 16.8. The molecule has 0 saturated carbocycles. The van der Waals surface area contributed by atoms with Gasteiger partial charge >= 0.3 is 5.97 Å². The van der Waals surface area contributed by atoms with Gasteiger partial charge in [0.2, 0.25) is 0 Å². The Labute approximate surface area is 208 Å². The number of carbonyl (C=O) groups is 2. The van der Waals surface area contributed by atoms with Crippen LogP contribution in [0, 0.1) is 13.8 Å². The van der Waals surface area contributed by atoms with Gasteiger partial charge in [0.05, 0.1) is 18.4 Å². The van der Waals surface area contributed by atoms with Crippen molar-refractivity contribution < 1.29 is 28.3 Å². The molecule has 9 heteroatoms. The summed E-state index contributed by atoms with van der Waals surface area (Å²) in [6.07, 6.45) is 1.85. The highest BCUT2D eigenvalue weighted by Gasteiger charge is 2.17. The fourth-order valence-electron chi connectivity index (χ4n) is 3.16. The van der Waals surface area contributed by atoms with Gasteiger partial charge in [0.1, 0.15) is 12.4 Å². The van der Waals surface area contributed by atoms with Crippen LogP contribution < -0.4 is 14.8 Å². The van der Waals surface area contributed by atoms with Crippen molar-refractivity contribution in [1.82, 2.24) is 10.5 Å². The Bertz CT molecular complexity index is 1200. The molecule has 1 unspecified atom stereocenters. The Kier molecular flexibility index (Phi) is 8.92. The van der Waals surface area contributed by atoms with Gasteiger partial charge in [0.25, 0.3) is 5.91 Å². The third-order valence-electron chi connectivity index (χ3n) is 5.23. The standard InChI is InChI=1S/C26H27ClN2O6/c1-16-21(17(2)35-29-16)15-33-23-11-9-19(13-24(23)32-4)10-12-25(30)34-18(3)26(31)28-14-20-7-5-6-8-22(20)27/h5-13,18H,14-15H2,1-4H3,(H,28,31)/b12-10+. The van der Waals surface area contributed by atoms with E-state index in [4.69, 9.17) is 30.3 Å². The van der Waals surface area contributed by atoms with Crippen molar-refractivity contribution in [2.24, 2.45) is 0 Å². The van der Waals surface area contributed by atoms with E-state index < -0.39 is 18.0 Å². The molecule has 0 fully saturated rings. The van der Waals surface area contributed by atoms with E-state index >= 15 is 0 Å². The predicted octanol–water partition coefficient (Wildman–Crippen LogP) is 4.79. The van der Waals surface area contributed by atoms with Gasteiger partial charge in [-0.3, -0.25) is 4.79 Å². The van der Waals surface area contributed by atoms with Gasteiger partial charge in [0.15, 0.2) is 17.6 Å². The number of ether oxygens (including phenoxy) is 3. The minimum atomic E-state index is -0.968. The summed E-state index contributed by atoms with van der Waals surface area (Å²) in [7, 11) is 1.53. The maximum absolute atomic E-state index is 12.3. The number of hydrogen-bond donors (Lipinski definition) is 1. The Morgan fingerprint density at radius 2 is 1.94 bits per heavy atom. The van der Waals surface area contributed by atoms with Gasteiger partial charge < -0.3 is 24.1 Å². The zero-order chi connectivity index (χ0) is 25.4. The fraction of sp³-hybridized carbons (Fsp3) is 0.269. The Hall–Kier alpha value is -3.78. The molecular formula is C26H27ClN2O6. The minimum Gasteiger partial charge on any atom is -0.493 e.